The summed E-state index contributed by atoms with van der Waals surface area (Å²) in [5.41, 5.74) is 2.12. The summed E-state index contributed by atoms with van der Waals surface area (Å²) in [6.07, 6.45) is 0.265. The first-order valence-electron chi connectivity index (χ1n) is 5.99. The number of hydrogen-bond donors (Lipinski definition) is 1. The lowest BCUT2D eigenvalue weighted by molar-refractivity contribution is 0.265. The SMILES string of the molecule is c1ccc2[nH]c3cccc(OCC4CO4)c3c2c#1. The molecule has 1 saturated heterocycles. The minimum Gasteiger partial charge on any atom is -0.490 e. The van der Waals surface area contributed by atoms with Crippen LogP contribution in [0.4, 0.5) is 0 Å². The number of fused-ring (bicyclic) bond motifs is 3. The topological polar surface area (TPSA) is 37.5 Å². The Bertz CT molecular complexity index is 713. The Hall–Kier alpha value is -2.18. The van der Waals surface area contributed by atoms with Crippen LogP contribution in [0.25, 0.3) is 21.8 Å². The second kappa shape index (κ2) is 3.66. The monoisotopic (exact) mass is 237 g/mol. The van der Waals surface area contributed by atoms with Crippen molar-refractivity contribution in [2.24, 2.45) is 0 Å². The van der Waals surface area contributed by atoms with Gasteiger partial charge in [-0.25, -0.2) is 0 Å². The van der Waals surface area contributed by atoms with Gasteiger partial charge in [0.1, 0.15) is 18.5 Å². The summed E-state index contributed by atoms with van der Waals surface area (Å²) in [6, 6.07) is 16.0. The van der Waals surface area contributed by atoms with Gasteiger partial charge in [-0.2, -0.15) is 0 Å². The number of epoxide rings is 1. The molecule has 18 heavy (non-hydrogen) atoms. The van der Waals surface area contributed by atoms with Crippen LogP contribution in [-0.4, -0.2) is 24.3 Å². The van der Waals surface area contributed by atoms with Crippen molar-refractivity contribution >= 4 is 21.8 Å². The van der Waals surface area contributed by atoms with E-state index in [1.807, 2.05) is 30.3 Å². The van der Waals surface area contributed by atoms with E-state index in [0.29, 0.717) is 6.61 Å². The maximum absolute atomic E-state index is 5.83. The highest BCUT2D eigenvalue weighted by atomic mass is 16.6. The van der Waals surface area contributed by atoms with Crippen LogP contribution >= 0.6 is 0 Å². The molecule has 0 bridgehead atoms. The van der Waals surface area contributed by atoms with Crippen molar-refractivity contribution in [3.63, 3.8) is 0 Å². The molecule has 2 heterocycles. The summed E-state index contributed by atoms with van der Waals surface area (Å²) in [5.74, 6) is 0.880. The van der Waals surface area contributed by atoms with Crippen molar-refractivity contribution in [3.05, 3.63) is 42.5 Å². The highest BCUT2D eigenvalue weighted by Gasteiger charge is 2.23. The van der Waals surface area contributed by atoms with Gasteiger partial charge in [0.2, 0.25) is 0 Å². The lowest BCUT2D eigenvalue weighted by Crippen LogP contribution is -2.03. The fraction of sp³-hybridized carbons (Fsp3) is 0.200. The van der Waals surface area contributed by atoms with Crippen molar-refractivity contribution in [1.82, 2.24) is 4.98 Å². The Morgan fingerprint density at radius 1 is 1.33 bits per heavy atom. The molecule has 1 aliphatic heterocycles. The molecule has 4 rings (SSSR count). The standard InChI is InChI=1S/C15H11NO2/c1-2-5-12-11(4-1)15-13(16-12)6-3-7-14(15)18-9-10-8-17-10/h2-3,5-7,10,16H,8-9H2. The van der Waals surface area contributed by atoms with Gasteiger partial charge in [-0.05, 0) is 24.3 Å². The molecule has 0 spiro atoms. The number of hydrogen-bond acceptors (Lipinski definition) is 2. The molecule has 2 aromatic carbocycles. The Morgan fingerprint density at radius 2 is 2.28 bits per heavy atom. The maximum atomic E-state index is 5.83. The molecule has 1 aromatic heterocycles. The van der Waals surface area contributed by atoms with Crippen LogP contribution in [0.2, 0.25) is 0 Å². The molecule has 1 N–H and O–H groups in total. The van der Waals surface area contributed by atoms with Gasteiger partial charge in [0.25, 0.3) is 0 Å². The van der Waals surface area contributed by atoms with Gasteiger partial charge in [0, 0.05) is 0 Å². The lowest BCUT2D eigenvalue weighted by atomic mass is 10.2. The van der Waals surface area contributed by atoms with Crippen molar-refractivity contribution in [2.45, 2.75) is 6.10 Å². The Balaban J connectivity index is 1.89. The zero-order valence-electron chi connectivity index (χ0n) is 9.69. The smallest absolute Gasteiger partial charge is 0.130 e. The highest BCUT2D eigenvalue weighted by Crippen LogP contribution is 2.32. The molecule has 0 radical (unpaired) electrons. The summed E-state index contributed by atoms with van der Waals surface area (Å²) in [4.78, 5) is 3.36. The van der Waals surface area contributed by atoms with E-state index in [0.717, 1.165) is 34.2 Å². The third-order valence-corrected chi connectivity index (χ3v) is 3.17. The zero-order chi connectivity index (χ0) is 11.9. The molecule has 3 heteroatoms. The molecule has 0 amide bonds. The maximum Gasteiger partial charge on any atom is 0.130 e. The van der Waals surface area contributed by atoms with E-state index in [-0.39, 0.29) is 6.10 Å². The number of aromatic nitrogens is 1. The largest absolute Gasteiger partial charge is 0.490 e. The number of benzene rings is 1. The third-order valence-electron chi connectivity index (χ3n) is 3.17. The number of nitrogens with one attached hydrogen (secondary N) is 1. The van der Waals surface area contributed by atoms with Crippen LogP contribution in [0.5, 0.6) is 5.75 Å². The summed E-state index contributed by atoms with van der Waals surface area (Å²) in [7, 11) is 0. The molecular weight excluding hydrogens is 226 g/mol. The average Bonchev–Trinajstić information content (AvgIpc) is 3.15. The number of aromatic amines is 1. The van der Waals surface area contributed by atoms with Gasteiger partial charge in [-0.1, -0.05) is 18.2 Å². The quantitative estimate of drug-likeness (QED) is 0.711. The Labute approximate surface area is 104 Å². The van der Waals surface area contributed by atoms with E-state index >= 15 is 0 Å². The van der Waals surface area contributed by atoms with Crippen molar-refractivity contribution < 1.29 is 9.47 Å². The van der Waals surface area contributed by atoms with Crippen LogP contribution < -0.4 is 4.74 Å². The van der Waals surface area contributed by atoms with Crippen molar-refractivity contribution in [1.29, 1.82) is 0 Å². The molecule has 0 saturated carbocycles. The second-order valence-corrected chi connectivity index (χ2v) is 4.46. The lowest BCUT2D eigenvalue weighted by Gasteiger charge is -2.05. The van der Waals surface area contributed by atoms with Gasteiger partial charge in [-0.3, -0.25) is 0 Å². The van der Waals surface area contributed by atoms with Gasteiger partial charge in [0.05, 0.1) is 28.4 Å². The summed E-state index contributed by atoms with van der Waals surface area (Å²) < 4.78 is 11.0. The van der Waals surface area contributed by atoms with Crippen molar-refractivity contribution in [2.75, 3.05) is 13.2 Å². The van der Waals surface area contributed by atoms with E-state index < -0.39 is 0 Å². The van der Waals surface area contributed by atoms with Gasteiger partial charge < -0.3 is 14.5 Å². The highest BCUT2D eigenvalue weighted by molar-refractivity contribution is 6.09. The van der Waals surface area contributed by atoms with E-state index in [4.69, 9.17) is 9.47 Å². The molecule has 1 fully saturated rings. The molecule has 88 valence electrons. The first kappa shape index (κ1) is 9.81. The molecule has 3 nitrogen and oxygen atoms in total. The minimum absolute atomic E-state index is 0.265. The fourth-order valence-corrected chi connectivity index (χ4v) is 2.20. The molecule has 0 aliphatic carbocycles. The first-order valence-corrected chi connectivity index (χ1v) is 5.99. The molecule has 1 aliphatic rings. The summed E-state index contributed by atoms with van der Waals surface area (Å²) in [6.45, 7) is 1.42. The summed E-state index contributed by atoms with van der Waals surface area (Å²) in [5, 5.41) is 2.10. The zero-order valence-corrected chi connectivity index (χ0v) is 9.69. The van der Waals surface area contributed by atoms with Gasteiger partial charge in [0.15, 0.2) is 0 Å². The normalized spacial score (nSPS) is 17.9. The van der Waals surface area contributed by atoms with Crippen molar-refractivity contribution in [3.8, 4) is 5.75 Å². The number of H-pyrrole nitrogens is 1. The molecular formula is C15H11NO2. The van der Waals surface area contributed by atoms with Gasteiger partial charge >= 0.3 is 0 Å². The van der Waals surface area contributed by atoms with Crippen LogP contribution in [-0.2, 0) is 4.74 Å². The van der Waals surface area contributed by atoms with Crippen LogP contribution in [0, 0.1) is 12.1 Å². The number of ether oxygens (including phenoxy) is 2. The summed E-state index contributed by atoms with van der Waals surface area (Å²) >= 11 is 0. The molecule has 1 atom stereocenters. The Morgan fingerprint density at radius 3 is 3.17 bits per heavy atom. The van der Waals surface area contributed by atoms with E-state index in [1.165, 1.54) is 0 Å². The number of rotatable bonds is 3. The van der Waals surface area contributed by atoms with E-state index in [2.05, 4.69) is 17.1 Å². The minimum atomic E-state index is 0.265. The van der Waals surface area contributed by atoms with Crippen LogP contribution in [0.15, 0.2) is 30.3 Å². The molecule has 1 unspecified atom stereocenters. The fourth-order valence-electron chi connectivity index (χ4n) is 2.20. The van der Waals surface area contributed by atoms with Gasteiger partial charge in [-0.15, -0.1) is 0 Å². The van der Waals surface area contributed by atoms with Crippen LogP contribution in [0.3, 0.4) is 0 Å². The third kappa shape index (κ3) is 1.51. The Kier molecular flexibility index (Phi) is 1.99. The first-order chi connectivity index (χ1) is 8.92. The molecule has 3 aromatic rings. The second-order valence-electron chi connectivity index (χ2n) is 4.46. The van der Waals surface area contributed by atoms with E-state index in [9.17, 15) is 0 Å². The predicted octanol–water partition coefficient (Wildman–Crippen LogP) is 2.70. The van der Waals surface area contributed by atoms with Crippen LogP contribution in [0.1, 0.15) is 0 Å². The van der Waals surface area contributed by atoms with E-state index in [1.54, 1.807) is 0 Å². The predicted molar refractivity (Wildman–Crippen MR) is 68.7 cm³/mol. The average molecular weight is 237 g/mol.